The number of pyridine rings is 1. The van der Waals surface area contributed by atoms with Gasteiger partial charge in [-0.1, -0.05) is 27.7 Å². The molecule has 20 nitrogen and oxygen atoms in total. The first-order valence-electron chi connectivity index (χ1n) is 26.3. The van der Waals surface area contributed by atoms with E-state index in [9.17, 15) is 49.5 Å². The Kier molecular flexibility index (Phi) is 21.5. The second-order valence-electron chi connectivity index (χ2n) is 21.9. The molecule has 21 heteroatoms. The number of carbonyl (C=O) groups is 4. The first-order chi connectivity index (χ1) is 35.0. The Bertz CT molecular complexity index is 2350. The van der Waals surface area contributed by atoms with Gasteiger partial charge >= 0.3 is 17.9 Å². The normalized spacial score (nSPS) is 37.5. The van der Waals surface area contributed by atoms with E-state index in [1.807, 2.05) is 38.9 Å². The first-order valence-corrected chi connectivity index (χ1v) is 27.3. The van der Waals surface area contributed by atoms with Crippen LogP contribution < -0.4 is 10.7 Å². The van der Waals surface area contributed by atoms with Crippen molar-refractivity contribution in [1.29, 1.82) is 0 Å². The third kappa shape index (κ3) is 14.4. The van der Waals surface area contributed by atoms with E-state index in [4.69, 9.17) is 33.2 Å². The fraction of sp³-hybridized carbons (Fsp3) is 0.759. The van der Waals surface area contributed by atoms with Crippen LogP contribution in [0, 0.1) is 23.7 Å². The Morgan fingerprint density at radius 1 is 0.933 bits per heavy atom. The molecule has 3 aliphatic heterocycles. The number of likely N-dealkylation sites (N-methyl/N-ethyl adjacent to an activating group) is 1. The van der Waals surface area contributed by atoms with Crippen molar-refractivity contribution >= 4 is 46.4 Å². The Morgan fingerprint density at radius 2 is 1.61 bits per heavy atom. The summed E-state index contributed by atoms with van der Waals surface area (Å²) >= 11 is 1.47. The zero-order valence-electron chi connectivity index (χ0n) is 46.3. The predicted molar refractivity (Wildman–Crippen MR) is 279 cm³/mol. The molecule has 0 unspecified atom stereocenters. The van der Waals surface area contributed by atoms with Gasteiger partial charge in [-0.2, -0.15) is 0 Å². The second-order valence-corrected chi connectivity index (χ2v) is 23.1. The summed E-state index contributed by atoms with van der Waals surface area (Å²) < 4.78 is 46.2. The summed E-state index contributed by atoms with van der Waals surface area (Å²) in [4.78, 5) is 69.3. The van der Waals surface area contributed by atoms with Gasteiger partial charge in [0.2, 0.25) is 5.43 Å². The third-order valence-corrected chi connectivity index (χ3v) is 16.7. The van der Waals surface area contributed by atoms with Crippen molar-refractivity contribution in [1.82, 2.24) is 14.8 Å². The van der Waals surface area contributed by atoms with Crippen LogP contribution in [0.2, 0.25) is 0 Å². The summed E-state index contributed by atoms with van der Waals surface area (Å²) in [5.74, 6) is -6.30. The van der Waals surface area contributed by atoms with Gasteiger partial charge in [0.15, 0.2) is 18.7 Å². The maximum absolute atomic E-state index is 14.5. The minimum Gasteiger partial charge on any atom is -0.477 e. The van der Waals surface area contributed by atoms with Gasteiger partial charge in [0, 0.05) is 79.2 Å². The number of carbonyl (C=O) groups excluding carboxylic acids is 3. The third-order valence-electron chi connectivity index (χ3n) is 15.7. The van der Waals surface area contributed by atoms with Gasteiger partial charge in [-0.05, 0) is 100 Å². The van der Waals surface area contributed by atoms with E-state index >= 15 is 0 Å². The maximum atomic E-state index is 14.5. The molecule has 2 aromatic rings. The number of aryl methyl sites for hydroxylation is 1. The van der Waals surface area contributed by atoms with E-state index in [2.05, 4.69) is 5.32 Å². The van der Waals surface area contributed by atoms with Gasteiger partial charge in [-0.25, -0.2) is 4.79 Å². The minimum absolute atomic E-state index is 0.0352. The quantitative estimate of drug-likeness (QED) is 0.0738. The number of thioether (sulfide) groups is 1. The highest BCUT2D eigenvalue weighted by Crippen LogP contribution is 2.42. The van der Waals surface area contributed by atoms with Crippen molar-refractivity contribution in [2.75, 3.05) is 40.0 Å². The van der Waals surface area contributed by atoms with Crippen LogP contribution in [0.3, 0.4) is 0 Å². The van der Waals surface area contributed by atoms with Crippen LogP contribution in [0.15, 0.2) is 34.1 Å². The number of carboxylic acid groups (broad SMARTS) is 1. The Labute approximate surface area is 445 Å². The van der Waals surface area contributed by atoms with Gasteiger partial charge in [-0.3, -0.25) is 19.2 Å². The molecule has 0 radical (unpaired) electrons. The number of methoxy groups -OCH3 is 1. The number of Topliss-reactive ketones (excluding diaryl/α,β-unsaturated/α-hetero) is 1. The number of nitrogens with zero attached hydrogens (tertiary/aromatic N) is 2. The molecule has 5 rings (SSSR count). The van der Waals surface area contributed by atoms with Crippen LogP contribution in [0.5, 0.6) is 0 Å². The number of rotatable bonds is 17. The predicted octanol–water partition coefficient (Wildman–Crippen LogP) is 4.14. The first kappa shape index (κ1) is 62.3. The lowest BCUT2D eigenvalue weighted by molar-refractivity contribution is -0.318. The number of fused-ring (bicyclic) bond motifs is 1. The van der Waals surface area contributed by atoms with Crippen molar-refractivity contribution in [2.45, 2.75) is 204 Å². The highest BCUT2D eigenvalue weighted by Gasteiger charge is 2.54. The molecular weight excluding hydrogens is 995 g/mol. The van der Waals surface area contributed by atoms with E-state index in [0.29, 0.717) is 36.2 Å². The molecule has 6 N–H and O–H groups in total. The average molecular weight is 1080 g/mol. The molecule has 1 aromatic heterocycles. The largest absolute Gasteiger partial charge is 0.477 e. The lowest BCUT2D eigenvalue weighted by Gasteiger charge is -2.49. The Balaban J connectivity index is 1.33. The summed E-state index contributed by atoms with van der Waals surface area (Å²) in [6, 6.07) is 5.02. The van der Waals surface area contributed by atoms with Gasteiger partial charge in [0.05, 0.1) is 54.0 Å². The molecule has 1 aromatic carbocycles. The number of aromatic carboxylic acids is 1. The fourth-order valence-electron chi connectivity index (χ4n) is 11.2. The van der Waals surface area contributed by atoms with Crippen LogP contribution in [0.25, 0.3) is 10.9 Å². The number of hydrogen-bond acceptors (Lipinski definition) is 19. The van der Waals surface area contributed by atoms with Gasteiger partial charge in [0.1, 0.15) is 34.8 Å². The SMILES string of the molecule is CC[C@@H]1OC(=O)[C@H](C)[C@H](O[C@@H]2C[C@](C)(O)[C@H](OC(=O)CCNCCSc3ccc4c(c3)c(=O)c(C(=O)O)cn4CC)[C@H](C)O2)[C@@H](C)[C@H](O[C@@H]2O[C@H](C)C[C@H](N(C)C)[C@@H]2O)[C@](C)(OC)C[C@H](C)C(=O)[C@H](C)[C@@H](O)[C@]1(C)O. The molecule has 18 atom stereocenters. The molecule has 424 valence electrons. The minimum atomic E-state index is -2.04. The van der Waals surface area contributed by atoms with Crippen molar-refractivity contribution in [3.05, 3.63) is 40.2 Å². The van der Waals surface area contributed by atoms with Crippen LogP contribution in [-0.4, -0.2) is 183 Å². The van der Waals surface area contributed by atoms with Crippen LogP contribution in [0.1, 0.15) is 119 Å². The van der Waals surface area contributed by atoms with Crippen molar-refractivity contribution < 1.29 is 77.9 Å². The number of aliphatic hydroxyl groups excluding tert-OH is 2. The highest BCUT2D eigenvalue weighted by atomic mass is 32.2. The number of ether oxygens (including phenoxy) is 7. The summed E-state index contributed by atoms with van der Waals surface area (Å²) in [7, 11) is 5.17. The lowest BCUT2D eigenvalue weighted by Crippen LogP contribution is -2.61. The summed E-state index contributed by atoms with van der Waals surface area (Å²) in [5.41, 5.74) is -5.29. The Morgan fingerprint density at radius 3 is 2.21 bits per heavy atom. The molecule has 3 aliphatic rings. The monoisotopic (exact) mass is 1080 g/mol. The molecule has 3 fully saturated rings. The van der Waals surface area contributed by atoms with Gasteiger partial charge in [-0.15, -0.1) is 11.8 Å². The molecular formula is C54H85N3O17S. The number of nitrogens with one attached hydrogen (secondary N) is 1. The molecule has 0 aliphatic carbocycles. The van der Waals surface area contributed by atoms with E-state index in [1.165, 1.54) is 45.8 Å². The maximum Gasteiger partial charge on any atom is 0.341 e. The molecule has 0 spiro atoms. The zero-order valence-corrected chi connectivity index (χ0v) is 47.1. The number of cyclic esters (lactones) is 1. The summed E-state index contributed by atoms with van der Waals surface area (Å²) in [6.07, 6.45) is -9.25. The molecule has 0 saturated carbocycles. The highest BCUT2D eigenvalue weighted by molar-refractivity contribution is 7.99. The van der Waals surface area contributed by atoms with Crippen molar-refractivity contribution in [3.63, 3.8) is 0 Å². The Hall–Kier alpha value is -3.58. The van der Waals surface area contributed by atoms with Crippen LogP contribution >= 0.6 is 11.8 Å². The molecule has 3 saturated heterocycles. The van der Waals surface area contributed by atoms with Crippen LogP contribution in [-0.2, 0) is 54.1 Å². The van der Waals surface area contributed by atoms with Crippen LogP contribution in [0.4, 0.5) is 0 Å². The number of ketones is 1. The second kappa shape index (κ2) is 25.9. The lowest BCUT2D eigenvalue weighted by atomic mass is 9.74. The number of aliphatic hydroxyl groups is 4. The topological polar surface area (TPSA) is 271 Å². The van der Waals surface area contributed by atoms with Gasteiger partial charge in [0.25, 0.3) is 0 Å². The smallest absolute Gasteiger partial charge is 0.341 e. The van der Waals surface area contributed by atoms with Gasteiger partial charge < -0.3 is 73.5 Å². The molecule has 0 amide bonds. The van der Waals surface area contributed by atoms with Crippen molar-refractivity contribution in [3.8, 4) is 0 Å². The number of carboxylic acids is 1. The zero-order chi connectivity index (χ0) is 56.1. The molecule has 75 heavy (non-hydrogen) atoms. The average Bonchev–Trinajstić information content (AvgIpc) is 3.35. The van der Waals surface area contributed by atoms with E-state index in [0.717, 1.165) is 4.90 Å². The summed E-state index contributed by atoms with van der Waals surface area (Å²) in [5, 5.41) is 60.2. The van der Waals surface area contributed by atoms with E-state index in [1.54, 1.807) is 58.2 Å². The number of aromatic nitrogens is 1. The van der Waals surface area contributed by atoms with Crippen molar-refractivity contribution in [2.24, 2.45) is 23.7 Å². The van der Waals surface area contributed by atoms with E-state index < -0.39 is 119 Å². The standard InChI is InChI=1S/C54H85N3O17S/c1-15-39-54(11,67)46(62)30(5)42(59)28(3)25-53(10,68-14)47(74-51-44(61)38(56(12)13)23-29(4)69-51)31(6)45(32(7)50(65)71-39)73-41-26-52(9,66)48(33(8)70-41)72-40(58)19-20-55-21-22-75-34-17-18-37-35(24-34)43(60)36(49(63)64)27-57(37)16-2/h17-18,24,27-33,38-39,41,44-48,51,55,61-62,66-67H,15-16,19-23,25-26H2,1-14H3,(H,63,64)/t28-,29+,30-,31+,32+,33-,38-,39-,41+,44-,45+,46+,47-,48+,51-,52-,53+,54+/m0/s1. The number of esters is 2. The fourth-order valence-corrected chi connectivity index (χ4v) is 12.1. The molecule has 0 bridgehead atoms. The number of benzene rings is 1. The number of hydrogen-bond donors (Lipinski definition) is 6. The van der Waals surface area contributed by atoms with E-state index in [-0.39, 0.29) is 55.7 Å². The molecule has 4 heterocycles. The summed E-state index contributed by atoms with van der Waals surface area (Å²) in [6.45, 7) is 19.5.